The number of rotatable bonds is 8. The molecule has 0 atom stereocenters. The number of hydrogen-bond acceptors (Lipinski definition) is 6. The maximum absolute atomic E-state index is 12.4. The van der Waals surface area contributed by atoms with Crippen LogP contribution >= 0.6 is 0 Å². The van der Waals surface area contributed by atoms with Gasteiger partial charge in [-0.2, -0.15) is 5.26 Å². The molecule has 0 spiro atoms. The number of methoxy groups -OCH3 is 2. The number of nitriles is 1. The molecule has 6 heteroatoms. The van der Waals surface area contributed by atoms with Crippen molar-refractivity contribution in [1.29, 1.82) is 5.26 Å². The van der Waals surface area contributed by atoms with Gasteiger partial charge in [-0.1, -0.05) is 36.4 Å². The summed E-state index contributed by atoms with van der Waals surface area (Å²) in [5.41, 5.74) is 3.01. The maximum atomic E-state index is 12.4. The Morgan fingerprint density at radius 3 is 2.41 bits per heavy atom. The lowest BCUT2D eigenvalue weighted by Crippen LogP contribution is -2.02. The van der Waals surface area contributed by atoms with Crippen LogP contribution in [0.25, 0.3) is 6.08 Å². The van der Waals surface area contributed by atoms with Crippen LogP contribution in [0.3, 0.4) is 0 Å². The summed E-state index contributed by atoms with van der Waals surface area (Å²) in [6.07, 6.45) is 3.13. The number of carbonyl (C=O) groups is 2. The first-order valence-electron chi connectivity index (χ1n) is 9.74. The Morgan fingerprint density at radius 1 is 0.938 bits per heavy atom. The van der Waals surface area contributed by atoms with E-state index >= 15 is 0 Å². The van der Waals surface area contributed by atoms with Crippen LogP contribution in [0.2, 0.25) is 0 Å². The van der Waals surface area contributed by atoms with Gasteiger partial charge in [0.25, 0.3) is 0 Å². The average molecular weight is 427 g/mol. The third kappa shape index (κ3) is 5.61. The predicted octanol–water partition coefficient (Wildman–Crippen LogP) is 4.83. The molecule has 0 aromatic heterocycles. The molecule has 0 aliphatic rings. The van der Waals surface area contributed by atoms with Crippen LogP contribution in [-0.2, 0) is 11.3 Å². The smallest absolute Gasteiger partial charge is 0.337 e. The standard InChI is InChI=1S/C26H21NO5/c1-30-25-15-18(8-12-23(28)22-5-3-4-20(14-22)16-27)9-13-24(25)32-17-19-6-10-21(11-7-19)26(29)31-2/h3-15H,17H2,1-2H3/b12-8+. The lowest BCUT2D eigenvalue weighted by molar-refractivity contribution is 0.0600. The summed E-state index contributed by atoms with van der Waals surface area (Å²) in [5.74, 6) is 0.489. The van der Waals surface area contributed by atoms with Crippen LogP contribution in [0, 0.1) is 11.3 Å². The van der Waals surface area contributed by atoms with E-state index < -0.39 is 0 Å². The Hall–Kier alpha value is -4.37. The van der Waals surface area contributed by atoms with Gasteiger partial charge in [0.05, 0.1) is 31.4 Å². The molecule has 0 heterocycles. The Balaban J connectivity index is 1.67. The average Bonchev–Trinajstić information content (AvgIpc) is 2.85. The minimum atomic E-state index is -0.390. The summed E-state index contributed by atoms with van der Waals surface area (Å²) in [4.78, 5) is 23.9. The third-order valence-corrected chi connectivity index (χ3v) is 4.66. The van der Waals surface area contributed by atoms with Crippen molar-refractivity contribution in [1.82, 2.24) is 0 Å². The molecule has 160 valence electrons. The van der Waals surface area contributed by atoms with Crippen LogP contribution in [0.4, 0.5) is 0 Å². The second kappa shape index (κ2) is 10.6. The SMILES string of the molecule is COC(=O)c1ccc(COc2ccc(/C=C/C(=O)c3cccc(C#N)c3)cc2OC)cc1. The van der Waals surface area contributed by atoms with Crippen LogP contribution in [0.5, 0.6) is 11.5 Å². The van der Waals surface area contributed by atoms with Gasteiger partial charge in [0.1, 0.15) is 6.61 Å². The first-order chi connectivity index (χ1) is 15.5. The molecule has 0 radical (unpaired) electrons. The highest BCUT2D eigenvalue weighted by Gasteiger charge is 2.08. The van der Waals surface area contributed by atoms with E-state index in [0.29, 0.717) is 34.8 Å². The van der Waals surface area contributed by atoms with Crippen LogP contribution in [-0.4, -0.2) is 26.0 Å². The zero-order valence-electron chi connectivity index (χ0n) is 17.7. The molecule has 0 saturated heterocycles. The molecule has 3 aromatic carbocycles. The lowest BCUT2D eigenvalue weighted by Gasteiger charge is -2.11. The highest BCUT2D eigenvalue weighted by atomic mass is 16.5. The number of esters is 1. The van der Waals surface area contributed by atoms with Gasteiger partial charge in [-0.05, 0) is 53.6 Å². The van der Waals surface area contributed by atoms with Crippen molar-refractivity contribution >= 4 is 17.8 Å². The minimum Gasteiger partial charge on any atom is -0.493 e. The van der Waals surface area contributed by atoms with Crippen molar-refractivity contribution < 1.29 is 23.8 Å². The van der Waals surface area contributed by atoms with Gasteiger partial charge in [-0.15, -0.1) is 0 Å². The van der Waals surface area contributed by atoms with E-state index in [4.69, 9.17) is 19.5 Å². The van der Waals surface area contributed by atoms with Crippen molar-refractivity contribution in [3.63, 3.8) is 0 Å². The Morgan fingerprint density at radius 2 is 1.72 bits per heavy atom. The number of ketones is 1. The Kier molecular flexibility index (Phi) is 7.39. The fraction of sp³-hybridized carbons (Fsp3) is 0.115. The van der Waals surface area contributed by atoms with Crippen LogP contribution < -0.4 is 9.47 Å². The second-order valence-electron chi connectivity index (χ2n) is 6.78. The molecule has 0 N–H and O–H groups in total. The van der Waals surface area contributed by atoms with Gasteiger partial charge >= 0.3 is 5.97 Å². The summed E-state index contributed by atoms with van der Waals surface area (Å²) >= 11 is 0. The molecule has 3 aromatic rings. The number of benzene rings is 3. The van der Waals surface area contributed by atoms with Gasteiger partial charge < -0.3 is 14.2 Å². The summed E-state index contributed by atoms with van der Waals surface area (Å²) in [5, 5.41) is 8.97. The van der Waals surface area contributed by atoms with Crippen molar-refractivity contribution in [3.05, 3.63) is 101 Å². The first-order valence-corrected chi connectivity index (χ1v) is 9.74. The summed E-state index contributed by atoms with van der Waals surface area (Å²) in [6, 6.07) is 20.9. The fourth-order valence-corrected chi connectivity index (χ4v) is 2.93. The van der Waals surface area contributed by atoms with Crippen LogP contribution in [0.1, 0.15) is 37.4 Å². The number of allylic oxidation sites excluding steroid dienone is 1. The van der Waals surface area contributed by atoms with Gasteiger partial charge in [0.15, 0.2) is 17.3 Å². The molecular formula is C26H21NO5. The normalized spacial score (nSPS) is 10.4. The summed E-state index contributed by atoms with van der Waals surface area (Å²) < 4.78 is 16.0. The molecule has 0 fully saturated rings. The number of nitrogens with zero attached hydrogens (tertiary/aromatic N) is 1. The van der Waals surface area contributed by atoms with E-state index in [2.05, 4.69) is 0 Å². The minimum absolute atomic E-state index is 0.197. The highest BCUT2D eigenvalue weighted by Crippen LogP contribution is 2.29. The zero-order chi connectivity index (χ0) is 22.9. The van der Waals surface area contributed by atoms with E-state index in [1.165, 1.54) is 13.2 Å². The van der Waals surface area contributed by atoms with E-state index in [0.717, 1.165) is 11.1 Å². The molecule has 0 aliphatic carbocycles. The fourth-order valence-electron chi connectivity index (χ4n) is 2.93. The van der Waals surface area contributed by atoms with E-state index in [9.17, 15) is 9.59 Å². The number of hydrogen-bond donors (Lipinski definition) is 0. The molecule has 32 heavy (non-hydrogen) atoms. The van der Waals surface area contributed by atoms with Gasteiger partial charge in [0.2, 0.25) is 0 Å². The quantitative estimate of drug-likeness (QED) is 0.291. The van der Waals surface area contributed by atoms with Gasteiger partial charge in [-0.25, -0.2) is 4.79 Å². The summed E-state index contributed by atoms with van der Waals surface area (Å²) in [7, 11) is 2.88. The number of ether oxygens (including phenoxy) is 3. The van der Waals surface area contributed by atoms with E-state index in [1.807, 2.05) is 12.1 Å². The van der Waals surface area contributed by atoms with Gasteiger partial charge in [0, 0.05) is 5.56 Å². The summed E-state index contributed by atoms with van der Waals surface area (Å²) in [6.45, 7) is 0.292. The molecule has 0 saturated carbocycles. The monoisotopic (exact) mass is 427 g/mol. The highest BCUT2D eigenvalue weighted by molar-refractivity contribution is 6.07. The van der Waals surface area contributed by atoms with Gasteiger partial charge in [-0.3, -0.25) is 4.79 Å². The topological polar surface area (TPSA) is 85.6 Å². The van der Waals surface area contributed by atoms with Crippen molar-refractivity contribution in [2.24, 2.45) is 0 Å². The Bertz CT molecular complexity index is 1190. The molecule has 0 unspecified atom stereocenters. The van der Waals surface area contributed by atoms with Crippen molar-refractivity contribution in [3.8, 4) is 17.6 Å². The predicted molar refractivity (Wildman–Crippen MR) is 120 cm³/mol. The molecule has 3 rings (SSSR count). The second-order valence-corrected chi connectivity index (χ2v) is 6.78. The van der Waals surface area contributed by atoms with Crippen molar-refractivity contribution in [2.45, 2.75) is 6.61 Å². The third-order valence-electron chi connectivity index (χ3n) is 4.66. The zero-order valence-corrected chi connectivity index (χ0v) is 17.7. The maximum Gasteiger partial charge on any atom is 0.337 e. The Labute approximate surface area is 186 Å². The molecule has 0 bridgehead atoms. The van der Waals surface area contributed by atoms with Crippen molar-refractivity contribution in [2.75, 3.05) is 14.2 Å². The molecule has 0 amide bonds. The van der Waals surface area contributed by atoms with E-state index in [1.54, 1.807) is 73.8 Å². The number of carbonyl (C=O) groups excluding carboxylic acids is 2. The van der Waals surface area contributed by atoms with Crippen LogP contribution in [0.15, 0.2) is 72.8 Å². The largest absolute Gasteiger partial charge is 0.493 e. The first kappa shape index (κ1) is 22.3. The molecular weight excluding hydrogens is 406 g/mol. The molecule has 6 nitrogen and oxygen atoms in total. The lowest BCUT2D eigenvalue weighted by atomic mass is 10.1. The molecule has 0 aliphatic heterocycles. The van der Waals surface area contributed by atoms with E-state index in [-0.39, 0.29) is 11.8 Å².